The smallest absolute Gasteiger partial charge is 0.416 e. The van der Waals surface area contributed by atoms with E-state index < -0.39 is 34.4 Å². The van der Waals surface area contributed by atoms with Gasteiger partial charge in [-0.3, -0.25) is 19.1 Å². The number of hydrogen-bond donors (Lipinski definition) is 2. The largest absolute Gasteiger partial charge is 0.490 e. The molecule has 3 N–H and O–H groups in total. The second-order valence-electron chi connectivity index (χ2n) is 6.51. The molecule has 1 aliphatic heterocycles. The number of alkyl halides is 3. The molecular weight excluding hydrogens is 457 g/mol. The van der Waals surface area contributed by atoms with E-state index in [1.54, 1.807) is 24.3 Å². The van der Waals surface area contributed by atoms with Crippen molar-refractivity contribution in [3.63, 3.8) is 0 Å². The predicted molar refractivity (Wildman–Crippen MR) is 108 cm³/mol. The zero-order valence-corrected chi connectivity index (χ0v) is 17.4. The first kappa shape index (κ1) is 23.3. The zero-order valence-electron chi connectivity index (χ0n) is 15.8. The summed E-state index contributed by atoms with van der Waals surface area (Å²) in [6.07, 6.45) is -5.07. The van der Waals surface area contributed by atoms with Gasteiger partial charge in [-0.1, -0.05) is 36.0 Å². The second kappa shape index (κ2) is 9.81. The van der Waals surface area contributed by atoms with E-state index in [4.69, 9.17) is 14.1 Å². The highest BCUT2D eigenvalue weighted by molar-refractivity contribution is 8.15. The molecule has 7 nitrogen and oxygen atoms in total. The van der Waals surface area contributed by atoms with Gasteiger partial charge in [-0.05, 0) is 41.8 Å². The maximum absolute atomic E-state index is 12.7. The summed E-state index contributed by atoms with van der Waals surface area (Å²) in [6.45, 7) is -0.150. The molecule has 1 heterocycles. The summed E-state index contributed by atoms with van der Waals surface area (Å²) < 4.78 is 60.2. The van der Waals surface area contributed by atoms with Crippen molar-refractivity contribution in [2.45, 2.75) is 24.0 Å². The number of imide groups is 1. The summed E-state index contributed by atoms with van der Waals surface area (Å²) in [5.41, 5.74) is 0.307. The van der Waals surface area contributed by atoms with Crippen molar-refractivity contribution < 1.29 is 35.9 Å². The van der Waals surface area contributed by atoms with Crippen LogP contribution >= 0.6 is 11.8 Å². The maximum Gasteiger partial charge on any atom is 0.416 e. The Bertz CT molecular complexity index is 968. The van der Waals surface area contributed by atoms with Crippen molar-refractivity contribution in [1.82, 2.24) is 5.32 Å². The first-order valence-corrected chi connectivity index (χ1v) is 10.9. The molecule has 2 aromatic rings. The zero-order chi connectivity index (χ0) is 22.6. The van der Waals surface area contributed by atoms with Gasteiger partial charge in [0, 0.05) is 0 Å². The van der Waals surface area contributed by atoms with E-state index in [1.807, 2.05) is 0 Å². The summed E-state index contributed by atoms with van der Waals surface area (Å²) in [4.78, 5) is 22.9. The Morgan fingerprint density at radius 3 is 2.26 bits per heavy atom. The molecule has 0 bridgehead atoms. The van der Waals surface area contributed by atoms with Crippen LogP contribution in [0.15, 0.2) is 48.5 Å². The van der Waals surface area contributed by atoms with Crippen molar-refractivity contribution >= 4 is 34.2 Å². The highest BCUT2D eigenvalue weighted by Crippen LogP contribution is 2.31. The minimum Gasteiger partial charge on any atom is -0.490 e. The predicted octanol–water partition coefficient (Wildman–Crippen LogP) is 3.27. The minimum absolute atomic E-state index is 0.150. The summed E-state index contributed by atoms with van der Waals surface area (Å²) in [7, 11) is 0. The van der Waals surface area contributed by atoms with Gasteiger partial charge in [-0.15, -0.1) is 0 Å². The standard InChI is InChI=1S/C19H17F3N2O5S2/c20-19(21,22)13-5-3-12(4-6-13)15(29-31(23)27)10-28-14-7-1-11(2-8-14)9-16-17(25)24-18(26)30-16/h1-8,15-16H,9-10,23H2,(H,24,25,26). The number of carbonyl (C=O) groups is 2. The van der Waals surface area contributed by atoms with Crippen LogP contribution in [0.25, 0.3) is 0 Å². The number of nitrogens with two attached hydrogens (primary N) is 1. The number of carbonyl (C=O) groups excluding carboxylic acids is 2. The number of halogens is 3. The van der Waals surface area contributed by atoms with Crippen LogP contribution < -0.4 is 15.2 Å². The molecule has 2 amide bonds. The van der Waals surface area contributed by atoms with E-state index in [-0.39, 0.29) is 17.8 Å². The number of amides is 2. The van der Waals surface area contributed by atoms with Crippen LogP contribution in [-0.4, -0.2) is 27.2 Å². The van der Waals surface area contributed by atoms with Crippen molar-refractivity contribution in [2.75, 3.05) is 6.61 Å². The first-order chi connectivity index (χ1) is 14.6. The maximum atomic E-state index is 12.7. The molecule has 1 aliphatic rings. The van der Waals surface area contributed by atoms with Crippen molar-refractivity contribution in [2.24, 2.45) is 5.14 Å². The van der Waals surface area contributed by atoms with Crippen molar-refractivity contribution in [3.05, 3.63) is 65.2 Å². The molecule has 3 atom stereocenters. The van der Waals surface area contributed by atoms with Gasteiger partial charge >= 0.3 is 6.18 Å². The van der Waals surface area contributed by atoms with Crippen molar-refractivity contribution in [3.8, 4) is 5.75 Å². The number of rotatable bonds is 8. The van der Waals surface area contributed by atoms with Crippen LogP contribution in [0, 0.1) is 0 Å². The Kier molecular flexibility index (Phi) is 7.36. The van der Waals surface area contributed by atoms with Gasteiger partial charge in [-0.25, -0.2) is 9.35 Å². The Balaban J connectivity index is 1.63. The van der Waals surface area contributed by atoms with Gasteiger partial charge in [0.25, 0.3) is 5.24 Å². The molecular formula is C19H17F3N2O5S2. The Hall–Kier alpha value is -2.41. The molecule has 2 aromatic carbocycles. The molecule has 166 valence electrons. The number of hydrogen-bond acceptors (Lipinski definition) is 6. The minimum atomic E-state index is -4.48. The third-order valence-corrected chi connectivity index (χ3v) is 5.74. The molecule has 0 aromatic heterocycles. The van der Waals surface area contributed by atoms with Gasteiger partial charge in [0.05, 0.1) is 10.8 Å². The second-order valence-corrected chi connectivity index (χ2v) is 8.40. The summed E-state index contributed by atoms with van der Waals surface area (Å²) in [6, 6.07) is 10.9. The molecule has 0 saturated carbocycles. The molecule has 12 heteroatoms. The van der Waals surface area contributed by atoms with Crippen LogP contribution in [0.2, 0.25) is 0 Å². The van der Waals surface area contributed by atoms with Gasteiger partial charge in [0.2, 0.25) is 17.2 Å². The molecule has 1 saturated heterocycles. The highest BCUT2D eigenvalue weighted by Gasteiger charge is 2.32. The van der Waals surface area contributed by atoms with E-state index in [0.29, 0.717) is 17.7 Å². The summed E-state index contributed by atoms with van der Waals surface area (Å²) in [5.74, 6) is 0.0910. The normalized spacial score (nSPS) is 18.5. The van der Waals surface area contributed by atoms with Gasteiger partial charge in [0.1, 0.15) is 18.5 Å². The van der Waals surface area contributed by atoms with Crippen LogP contribution in [0.3, 0.4) is 0 Å². The van der Waals surface area contributed by atoms with E-state index in [9.17, 15) is 27.0 Å². The monoisotopic (exact) mass is 474 g/mol. The molecule has 0 aliphatic carbocycles. The van der Waals surface area contributed by atoms with E-state index in [0.717, 1.165) is 29.5 Å². The van der Waals surface area contributed by atoms with E-state index in [2.05, 4.69) is 5.32 Å². The van der Waals surface area contributed by atoms with Crippen LogP contribution in [0.5, 0.6) is 5.75 Å². The van der Waals surface area contributed by atoms with E-state index in [1.165, 1.54) is 12.1 Å². The van der Waals surface area contributed by atoms with E-state index >= 15 is 0 Å². The number of benzene rings is 2. The molecule has 0 radical (unpaired) electrons. The Morgan fingerprint density at radius 2 is 1.74 bits per heavy atom. The fraction of sp³-hybridized carbons (Fsp3) is 0.263. The van der Waals surface area contributed by atoms with Crippen molar-refractivity contribution in [1.29, 1.82) is 0 Å². The molecule has 0 spiro atoms. The van der Waals surface area contributed by atoms with Gasteiger partial charge in [0.15, 0.2) is 0 Å². The number of nitrogens with one attached hydrogen (secondary N) is 1. The lowest BCUT2D eigenvalue weighted by Gasteiger charge is -2.18. The SMILES string of the molecule is NS(=O)OC(COc1ccc(CC2SC(=O)NC2=O)cc1)c1ccc(C(F)(F)F)cc1. The number of thioether (sulfide) groups is 1. The molecule has 3 rings (SSSR count). The Labute approximate surface area is 182 Å². The van der Waals surface area contributed by atoms with Gasteiger partial charge < -0.3 is 4.74 Å². The number of ether oxygens (including phenoxy) is 1. The third-order valence-electron chi connectivity index (χ3n) is 4.33. The fourth-order valence-corrected chi connectivity index (χ4v) is 4.07. The average Bonchev–Trinajstić information content (AvgIpc) is 3.02. The molecule has 1 fully saturated rings. The molecule has 31 heavy (non-hydrogen) atoms. The highest BCUT2D eigenvalue weighted by atomic mass is 32.2. The Morgan fingerprint density at radius 1 is 1.10 bits per heavy atom. The van der Waals surface area contributed by atoms with Crippen LogP contribution in [-0.2, 0) is 32.8 Å². The fourth-order valence-electron chi connectivity index (χ4n) is 2.82. The molecule has 3 unspecified atom stereocenters. The van der Waals surface area contributed by atoms with Crippen LogP contribution in [0.4, 0.5) is 18.0 Å². The summed E-state index contributed by atoms with van der Waals surface area (Å²) >= 11 is -1.23. The topological polar surface area (TPSA) is 108 Å². The lowest BCUT2D eigenvalue weighted by atomic mass is 10.1. The lowest BCUT2D eigenvalue weighted by molar-refractivity contribution is -0.137. The lowest BCUT2D eigenvalue weighted by Crippen LogP contribution is -2.25. The summed E-state index contributed by atoms with van der Waals surface area (Å²) in [5, 5.41) is 6.53. The average molecular weight is 474 g/mol. The van der Waals surface area contributed by atoms with Gasteiger partial charge in [-0.2, -0.15) is 13.2 Å². The first-order valence-electron chi connectivity index (χ1n) is 8.85. The third kappa shape index (κ3) is 6.53. The van der Waals surface area contributed by atoms with Crippen LogP contribution in [0.1, 0.15) is 22.8 Å². The quantitative estimate of drug-likeness (QED) is 0.608.